The van der Waals surface area contributed by atoms with Crippen LogP contribution < -0.4 is 15.4 Å². The van der Waals surface area contributed by atoms with E-state index < -0.39 is 5.41 Å². The number of nitrogens with zero attached hydrogens (tertiary/aromatic N) is 1. The third kappa shape index (κ3) is 5.25. The molecule has 6 nitrogen and oxygen atoms in total. The summed E-state index contributed by atoms with van der Waals surface area (Å²) in [6.45, 7) is 5.22. The van der Waals surface area contributed by atoms with Crippen molar-refractivity contribution in [1.82, 2.24) is 10.2 Å². The summed E-state index contributed by atoms with van der Waals surface area (Å²) in [6, 6.07) is 12.8. The van der Waals surface area contributed by atoms with Gasteiger partial charge in [0.2, 0.25) is 5.91 Å². The zero-order valence-electron chi connectivity index (χ0n) is 17.6. The summed E-state index contributed by atoms with van der Waals surface area (Å²) in [5.74, 6) is 0.700. The van der Waals surface area contributed by atoms with Crippen LogP contribution in [0.25, 0.3) is 0 Å². The summed E-state index contributed by atoms with van der Waals surface area (Å²) < 4.78 is 5.23. The largest absolute Gasteiger partial charge is 0.497 e. The highest BCUT2D eigenvalue weighted by atomic mass is 35.5. The molecule has 0 radical (unpaired) electrons. The highest BCUT2D eigenvalue weighted by Gasteiger charge is 2.39. The number of rotatable bonds is 5. The van der Waals surface area contributed by atoms with E-state index in [4.69, 9.17) is 16.3 Å². The van der Waals surface area contributed by atoms with Crippen LogP contribution in [0.5, 0.6) is 5.75 Å². The minimum absolute atomic E-state index is 0.0544. The van der Waals surface area contributed by atoms with Crippen molar-refractivity contribution in [3.8, 4) is 5.75 Å². The Hall–Kier alpha value is -2.73. The van der Waals surface area contributed by atoms with Gasteiger partial charge in [0.15, 0.2) is 0 Å². The predicted octanol–water partition coefficient (Wildman–Crippen LogP) is 4.61. The number of amides is 3. The number of hydrogen-bond donors (Lipinski definition) is 2. The van der Waals surface area contributed by atoms with Crippen LogP contribution in [-0.4, -0.2) is 37.0 Å². The van der Waals surface area contributed by atoms with Crippen molar-refractivity contribution in [2.75, 3.05) is 25.5 Å². The Morgan fingerprint density at radius 2 is 2.03 bits per heavy atom. The van der Waals surface area contributed by atoms with E-state index in [2.05, 4.69) is 10.6 Å². The van der Waals surface area contributed by atoms with E-state index in [1.165, 1.54) is 0 Å². The number of piperidine rings is 1. The van der Waals surface area contributed by atoms with Gasteiger partial charge in [-0.25, -0.2) is 4.79 Å². The molecule has 0 unspecified atom stereocenters. The molecule has 160 valence electrons. The number of hydrogen-bond acceptors (Lipinski definition) is 3. The lowest BCUT2D eigenvalue weighted by Crippen LogP contribution is -2.52. The van der Waals surface area contributed by atoms with E-state index >= 15 is 0 Å². The van der Waals surface area contributed by atoms with Crippen LogP contribution in [0.2, 0.25) is 5.02 Å². The maximum Gasteiger partial charge on any atom is 0.321 e. The van der Waals surface area contributed by atoms with Crippen molar-refractivity contribution < 1.29 is 14.3 Å². The van der Waals surface area contributed by atoms with Gasteiger partial charge in [0, 0.05) is 30.3 Å². The Labute approximate surface area is 182 Å². The molecule has 0 spiro atoms. The standard InChI is InChI=1S/C23H28ClN3O3/c1-16-8-9-18(13-20(16)24)26-22(29)27-11-5-10-23(2,15-27)21(28)25-14-17-6-4-7-19(12-17)30-3/h4,6-9,12-13H,5,10-11,14-15H2,1-3H3,(H,25,28)(H,26,29)/t23-/m1/s1. The van der Waals surface area contributed by atoms with E-state index in [0.29, 0.717) is 30.3 Å². The molecule has 0 aromatic heterocycles. The predicted molar refractivity (Wildman–Crippen MR) is 119 cm³/mol. The van der Waals surface area contributed by atoms with Gasteiger partial charge in [-0.2, -0.15) is 0 Å². The fourth-order valence-electron chi connectivity index (χ4n) is 3.65. The van der Waals surface area contributed by atoms with Crippen molar-refractivity contribution >= 4 is 29.2 Å². The van der Waals surface area contributed by atoms with Gasteiger partial charge in [-0.3, -0.25) is 4.79 Å². The van der Waals surface area contributed by atoms with Crippen molar-refractivity contribution in [3.63, 3.8) is 0 Å². The second kappa shape index (κ2) is 9.39. The number of ether oxygens (including phenoxy) is 1. The molecule has 0 saturated carbocycles. The highest BCUT2D eigenvalue weighted by Crippen LogP contribution is 2.30. The fourth-order valence-corrected chi connectivity index (χ4v) is 3.83. The van der Waals surface area contributed by atoms with Gasteiger partial charge in [-0.05, 0) is 62.1 Å². The van der Waals surface area contributed by atoms with Crippen LogP contribution in [0.15, 0.2) is 42.5 Å². The third-order valence-electron chi connectivity index (χ3n) is 5.54. The van der Waals surface area contributed by atoms with Crippen LogP contribution >= 0.6 is 11.6 Å². The normalized spacial score (nSPS) is 18.6. The Bertz CT molecular complexity index is 934. The Balaban J connectivity index is 1.60. The zero-order valence-corrected chi connectivity index (χ0v) is 18.4. The van der Waals surface area contributed by atoms with Gasteiger partial charge >= 0.3 is 6.03 Å². The summed E-state index contributed by atoms with van der Waals surface area (Å²) in [5.41, 5.74) is 1.92. The molecule has 0 bridgehead atoms. The number of methoxy groups -OCH3 is 1. The SMILES string of the molecule is COc1cccc(CNC(=O)[C@]2(C)CCCN(C(=O)Nc3ccc(C)c(Cl)c3)C2)c1. The monoisotopic (exact) mass is 429 g/mol. The maximum absolute atomic E-state index is 12.9. The van der Waals surface area contributed by atoms with E-state index in [9.17, 15) is 9.59 Å². The van der Waals surface area contributed by atoms with E-state index in [-0.39, 0.29) is 11.9 Å². The lowest BCUT2D eigenvalue weighted by Gasteiger charge is -2.39. The number of likely N-dealkylation sites (tertiary alicyclic amines) is 1. The number of urea groups is 1. The molecule has 1 aliphatic rings. The van der Waals surface area contributed by atoms with Gasteiger partial charge in [0.25, 0.3) is 0 Å². The molecule has 1 heterocycles. The number of benzene rings is 2. The topological polar surface area (TPSA) is 70.7 Å². The second-order valence-electron chi connectivity index (χ2n) is 8.01. The lowest BCUT2D eigenvalue weighted by atomic mass is 9.81. The first kappa shape index (κ1) is 22.0. The first-order valence-electron chi connectivity index (χ1n) is 10.0. The lowest BCUT2D eigenvalue weighted by molar-refractivity contribution is -0.132. The first-order valence-corrected chi connectivity index (χ1v) is 10.4. The van der Waals surface area contributed by atoms with Gasteiger partial charge in [-0.1, -0.05) is 29.8 Å². The highest BCUT2D eigenvalue weighted by molar-refractivity contribution is 6.31. The van der Waals surface area contributed by atoms with Crippen LogP contribution in [-0.2, 0) is 11.3 Å². The molecule has 3 rings (SSSR count). The Kier molecular flexibility index (Phi) is 6.87. The second-order valence-corrected chi connectivity index (χ2v) is 8.42. The molecule has 1 fully saturated rings. The van der Waals surface area contributed by atoms with Crippen molar-refractivity contribution in [2.45, 2.75) is 33.2 Å². The molecule has 2 aromatic rings. The van der Waals surface area contributed by atoms with Crippen LogP contribution in [0, 0.1) is 12.3 Å². The molecule has 3 amide bonds. The van der Waals surface area contributed by atoms with Gasteiger partial charge in [0.05, 0.1) is 12.5 Å². The molecule has 7 heteroatoms. The first-order chi connectivity index (χ1) is 14.3. The minimum atomic E-state index is -0.640. The van der Waals surface area contributed by atoms with E-state index in [1.54, 1.807) is 18.1 Å². The number of carbonyl (C=O) groups is 2. The maximum atomic E-state index is 12.9. The Morgan fingerprint density at radius 3 is 2.77 bits per heavy atom. The molecular weight excluding hydrogens is 402 g/mol. The van der Waals surface area contributed by atoms with E-state index in [0.717, 1.165) is 29.7 Å². The summed E-state index contributed by atoms with van der Waals surface area (Å²) in [4.78, 5) is 27.4. The number of aryl methyl sites for hydroxylation is 1. The summed E-state index contributed by atoms with van der Waals surface area (Å²) in [6.07, 6.45) is 1.50. The van der Waals surface area contributed by atoms with Gasteiger partial charge < -0.3 is 20.3 Å². The summed E-state index contributed by atoms with van der Waals surface area (Å²) >= 11 is 6.15. The molecule has 0 aliphatic carbocycles. The quantitative estimate of drug-likeness (QED) is 0.729. The number of carbonyl (C=O) groups excluding carboxylic acids is 2. The minimum Gasteiger partial charge on any atom is -0.497 e. The molecule has 1 saturated heterocycles. The fraction of sp³-hybridized carbons (Fsp3) is 0.391. The zero-order chi connectivity index (χ0) is 21.7. The third-order valence-corrected chi connectivity index (χ3v) is 5.95. The van der Waals surface area contributed by atoms with Crippen molar-refractivity contribution in [1.29, 1.82) is 0 Å². The molecule has 30 heavy (non-hydrogen) atoms. The summed E-state index contributed by atoms with van der Waals surface area (Å²) in [5, 5.41) is 6.50. The van der Waals surface area contributed by atoms with Crippen LogP contribution in [0.4, 0.5) is 10.5 Å². The number of nitrogens with one attached hydrogen (secondary N) is 2. The van der Waals surface area contributed by atoms with Crippen LogP contribution in [0.1, 0.15) is 30.9 Å². The molecule has 2 N–H and O–H groups in total. The van der Waals surface area contributed by atoms with Crippen molar-refractivity contribution in [3.05, 3.63) is 58.6 Å². The molecule has 1 aliphatic heterocycles. The van der Waals surface area contributed by atoms with Crippen LogP contribution in [0.3, 0.4) is 0 Å². The number of anilines is 1. The average Bonchev–Trinajstić information content (AvgIpc) is 2.74. The molecule has 2 aromatic carbocycles. The van der Waals surface area contributed by atoms with Gasteiger partial charge in [-0.15, -0.1) is 0 Å². The Morgan fingerprint density at radius 1 is 1.23 bits per heavy atom. The number of halogens is 1. The molecular formula is C23H28ClN3O3. The summed E-state index contributed by atoms with van der Waals surface area (Å²) in [7, 11) is 1.62. The van der Waals surface area contributed by atoms with E-state index in [1.807, 2.05) is 50.2 Å². The molecule has 1 atom stereocenters. The van der Waals surface area contributed by atoms with Gasteiger partial charge in [0.1, 0.15) is 5.75 Å². The van der Waals surface area contributed by atoms with Crippen molar-refractivity contribution in [2.24, 2.45) is 5.41 Å². The smallest absolute Gasteiger partial charge is 0.321 e. The average molecular weight is 430 g/mol.